The average Bonchev–Trinajstić information content (AvgIpc) is 2.39. The van der Waals surface area contributed by atoms with Crippen molar-refractivity contribution in [2.45, 2.75) is 6.42 Å². The van der Waals surface area contributed by atoms with Crippen LogP contribution >= 0.6 is 0 Å². The van der Waals surface area contributed by atoms with Crippen LogP contribution in [0, 0.1) is 0 Å². The van der Waals surface area contributed by atoms with Crippen molar-refractivity contribution in [3.63, 3.8) is 0 Å². The molecular weight excluding hydrogens is 232 g/mol. The Morgan fingerprint density at radius 2 is 1.37 bits per heavy atom. The molecule has 0 aliphatic heterocycles. The van der Waals surface area contributed by atoms with Gasteiger partial charge < -0.3 is 0 Å². The number of hydrogen-bond acceptors (Lipinski definition) is 1. The number of hydrogen-bond donors (Lipinski definition) is 0. The quantitative estimate of drug-likeness (QED) is 0.450. The monoisotopic (exact) mass is 253 g/mol. The van der Waals surface area contributed by atoms with Crippen molar-refractivity contribution in [1.29, 1.82) is 0 Å². The summed E-state index contributed by atoms with van der Waals surface area (Å²) in [5, 5.41) is 4.83. The van der Waals surface area contributed by atoms with E-state index in [1.54, 1.807) is 0 Å². The fraction of sp³-hybridized carbons (Fsp3) is 0.235. The van der Waals surface area contributed by atoms with Gasteiger partial charge in [-0.05, 0) is 5.56 Å². The van der Waals surface area contributed by atoms with Crippen LogP contribution in [0.3, 0.4) is 0 Å². The summed E-state index contributed by atoms with van der Waals surface area (Å²) in [6, 6.07) is 20.9. The zero-order valence-electron chi connectivity index (χ0n) is 11.9. The fourth-order valence-corrected chi connectivity index (χ4v) is 1.98. The van der Waals surface area contributed by atoms with Crippen molar-refractivity contribution < 1.29 is 4.59 Å². The molecule has 0 aliphatic carbocycles. The van der Waals surface area contributed by atoms with E-state index in [4.69, 9.17) is 5.10 Å². The van der Waals surface area contributed by atoms with Crippen LogP contribution in [0.25, 0.3) is 0 Å². The number of rotatable bonds is 4. The molecule has 0 radical (unpaired) electrons. The van der Waals surface area contributed by atoms with E-state index in [9.17, 15) is 0 Å². The van der Waals surface area contributed by atoms with Gasteiger partial charge in [0.05, 0.1) is 21.1 Å². The van der Waals surface area contributed by atoms with Crippen molar-refractivity contribution in [3.05, 3.63) is 71.8 Å². The zero-order chi connectivity index (χ0) is 13.7. The summed E-state index contributed by atoms with van der Waals surface area (Å²) in [5.41, 5.74) is 3.61. The van der Waals surface area contributed by atoms with Gasteiger partial charge >= 0.3 is 0 Å². The van der Waals surface area contributed by atoms with E-state index in [0.29, 0.717) is 4.59 Å². The van der Waals surface area contributed by atoms with Crippen LogP contribution in [-0.4, -0.2) is 31.4 Å². The first-order chi connectivity index (χ1) is 9.04. The number of benzene rings is 2. The molecule has 2 aromatic rings. The molecule has 0 unspecified atom stereocenters. The molecule has 0 amide bonds. The van der Waals surface area contributed by atoms with E-state index in [1.807, 2.05) is 12.1 Å². The molecule has 2 aromatic carbocycles. The van der Waals surface area contributed by atoms with Crippen molar-refractivity contribution >= 4 is 5.71 Å². The number of quaternary nitrogens is 1. The maximum absolute atomic E-state index is 4.83. The van der Waals surface area contributed by atoms with Crippen LogP contribution in [0.15, 0.2) is 65.8 Å². The lowest BCUT2D eigenvalue weighted by Gasteiger charge is -2.18. The topological polar surface area (TPSA) is 12.4 Å². The Morgan fingerprint density at radius 1 is 0.842 bits per heavy atom. The van der Waals surface area contributed by atoms with Crippen LogP contribution in [0.1, 0.15) is 11.1 Å². The zero-order valence-corrected chi connectivity index (χ0v) is 11.9. The summed E-state index contributed by atoms with van der Waals surface area (Å²) in [4.78, 5) is 0. The Morgan fingerprint density at radius 3 is 1.89 bits per heavy atom. The minimum Gasteiger partial charge on any atom is -0.205 e. The maximum Gasteiger partial charge on any atom is 0.107 e. The van der Waals surface area contributed by atoms with Crippen molar-refractivity contribution in [2.24, 2.45) is 5.10 Å². The predicted molar refractivity (Wildman–Crippen MR) is 81.2 cm³/mol. The van der Waals surface area contributed by atoms with Crippen LogP contribution in [0.5, 0.6) is 0 Å². The summed E-state index contributed by atoms with van der Waals surface area (Å²) in [7, 11) is 6.23. The highest BCUT2D eigenvalue weighted by molar-refractivity contribution is 6.01. The fourth-order valence-electron chi connectivity index (χ4n) is 1.98. The highest BCUT2D eigenvalue weighted by Gasteiger charge is 2.12. The van der Waals surface area contributed by atoms with Crippen molar-refractivity contribution in [3.8, 4) is 0 Å². The predicted octanol–water partition coefficient (Wildman–Crippen LogP) is 3.34. The molecule has 0 aliphatic rings. The van der Waals surface area contributed by atoms with E-state index >= 15 is 0 Å². The normalized spacial score (nSPS) is 12.5. The molecule has 0 saturated heterocycles. The van der Waals surface area contributed by atoms with Gasteiger partial charge in [-0.25, -0.2) is 4.59 Å². The first-order valence-corrected chi connectivity index (χ1v) is 6.54. The molecule has 0 atom stereocenters. The highest BCUT2D eigenvalue weighted by Crippen LogP contribution is 2.10. The second-order valence-corrected chi connectivity index (χ2v) is 5.52. The second kappa shape index (κ2) is 5.81. The Labute approximate surface area is 115 Å². The van der Waals surface area contributed by atoms with Gasteiger partial charge in [0.1, 0.15) is 5.71 Å². The SMILES string of the molecule is C[N+](C)(C)N=C(Cc1ccccc1)c1ccccc1. The molecule has 2 rings (SSSR count). The molecule has 0 saturated carbocycles. The number of nitrogens with zero attached hydrogens (tertiary/aromatic N) is 2. The summed E-state index contributed by atoms with van der Waals surface area (Å²) in [5.74, 6) is 0. The van der Waals surface area contributed by atoms with E-state index in [2.05, 4.69) is 69.7 Å². The van der Waals surface area contributed by atoms with Gasteiger partial charge in [-0.1, -0.05) is 65.8 Å². The van der Waals surface area contributed by atoms with Gasteiger partial charge in [0.25, 0.3) is 0 Å². The third-order valence-electron chi connectivity index (χ3n) is 2.74. The molecule has 0 aromatic heterocycles. The summed E-state index contributed by atoms with van der Waals surface area (Å²) in [6.07, 6.45) is 0.861. The minimum atomic E-state index is 0.580. The van der Waals surface area contributed by atoms with E-state index < -0.39 is 0 Å². The van der Waals surface area contributed by atoms with Crippen molar-refractivity contribution in [1.82, 2.24) is 0 Å². The van der Waals surface area contributed by atoms with Crippen molar-refractivity contribution in [2.75, 3.05) is 21.1 Å². The Hall–Kier alpha value is -1.93. The molecule has 0 fully saturated rings. The maximum atomic E-state index is 4.83. The first kappa shape index (κ1) is 13.5. The summed E-state index contributed by atoms with van der Waals surface area (Å²) < 4.78 is 0.580. The van der Waals surface area contributed by atoms with Gasteiger partial charge in [0, 0.05) is 12.0 Å². The lowest BCUT2D eigenvalue weighted by atomic mass is 10.0. The smallest absolute Gasteiger partial charge is 0.107 e. The molecular formula is C17H21N2+. The second-order valence-electron chi connectivity index (χ2n) is 5.52. The largest absolute Gasteiger partial charge is 0.205 e. The lowest BCUT2D eigenvalue weighted by Crippen LogP contribution is -2.30. The van der Waals surface area contributed by atoms with E-state index in [0.717, 1.165) is 12.1 Å². The van der Waals surface area contributed by atoms with Crippen LogP contribution in [0.2, 0.25) is 0 Å². The first-order valence-electron chi connectivity index (χ1n) is 6.54. The molecule has 98 valence electrons. The molecule has 0 N–H and O–H groups in total. The average molecular weight is 253 g/mol. The van der Waals surface area contributed by atoms with E-state index in [-0.39, 0.29) is 0 Å². The van der Waals surface area contributed by atoms with Gasteiger partial charge in [-0.2, -0.15) is 0 Å². The van der Waals surface area contributed by atoms with Gasteiger partial charge in [-0.3, -0.25) is 0 Å². The minimum absolute atomic E-state index is 0.580. The Balaban J connectivity index is 2.34. The summed E-state index contributed by atoms with van der Waals surface area (Å²) in [6.45, 7) is 0. The molecule has 2 nitrogen and oxygen atoms in total. The molecule has 0 heterocycles. The van der Waals surface area contributed by atoms with Gasteiger partial charge in [-0.15, -0.1) is 0 Å². The van der Waals surface area contributed by atoms with Gasteiger partial charge in [0.2, 0.25) is 0 Å². The van der Waals surface area contributed by atoms with Crippen LogP contribution in [-0.2, 0) is 6.42 Å². The Kier molecular flexibility index (Phi) is 4.13. The van der Waals surface area contributed by atoms with Crippen LogP contribution < -0.4 is 0 Å². The third-order valence-corrected chi connectivity index (χ3v) is 2.74. The standard InChI is InChI=1S/C17H21N2/c1-19(2,3)18-17(16-12-8-5-9-13-16)14-15-10-6-4-7-11-15/h4-13H,14H2,1-3H3/q+1. The molecule has 0 bridgehead atoms. The van der Waals surface area contributed by atoms with E-state index in [1.165, 1.54) is 11.1 Å². The molecule has 2 heteroatoms. The third kappa shape index (κ3) is 4.34. The highest BCUT2D eigenvalue weighted by atomic mass is 15.6. The molecule has 19 heavy (non-hydrogen) atoms. The lowest BCUT2D eigenvalue weighted by molar-refractivity contribution is -0.877. The summed E-state index contributed by atoms with van der Waals surface area (Å²) >= 11 is 0. The Bertz CT molecular complexity index is 536. The molecule has 0 spiro atoms. The van der Waals surface area contributed by atoms with Gasteiger partial charge in [0.15, 0.2) is 0 Å². The van der Waals surface area contributed by atoms with Crippen LogP contribution in [0.4, 0.5) is 0 Å².